The molecule has 0 aromatic heterocycles. The number of fused-ring (bicyclic) bond motifs is 1. The average molecular weight is 452 g/mol. The summed E-state index contributed by atoms with van der Waals surface area (Å²) >= 11 is 0. The molecule has 1 heterocycles. The lowest BCUT2D eigenvalue weighted by Crippen LogP contribution is -2.29. The van der Waals surface area contributed by atoms with Crippen LogP contribution in [0.3, 0.4) is 0 Å². The number of methoxy groups -OCH3 is 1. The van der Waals surface area contributed by atoms with Crippen LogP contribution in [0.15, 0.2) is 77.7 Å². The van der Waals surface area contributed by atoms with Gasteiger partial charge in [0.05, 0.1) is 23.3 Å². The zero-order valence-corrected chi connectivity index (χ0v) is 18.2. The van der Waals surface area contributed by atoms with E-state index in [1.54, 1.807) is 36.4 Å². The summed E-state index contributed by atoms with van der Waals surface area (Å²) in [6, 6.07) is 19.5. The van der Waals surface area contributed by atoms with Crippen LogP contribution in [0.25, 0.3) is 0 Å². The van der Waals surface area contributed by atoms with E-state index in [-0.39, 0.29) is 10.5 Å². The average Bonchev–Trinajstić information content (AvgIpc) is 3.27. The molecule has 3 aromatic carbocycles. The van der Waals surface area contributed by atoms with Crippen LogP contribution in [0, 0.1) is 0 Å². The highest BCUT2D eigenvalue weighted by atomic mass is 32.2. The molecule has 0 saturated carbocycles. The van der Waals surface area contributed by atoms with Crippen molar-refractivity contribution in [1.29, 1.82) is 0 Å². The Balaban J connectivity index is 1.49. The number of para-hydroxylation sites is 1. The molecule has 0 fully saturated rings. The van der Waals surface area contributed by atoms with E-state index in [2.05, 4.69) is 0 Å². The largest absolute Gasteiger partial charge is 0.497 e. The summed E-state index contributed by atoms with van der Waals surface area (Å²) in [5, 5.41) is 0. The fraction of sp³-hybridized carbons (Fsp3) is 0.167. The second-order valence-corrected chi connectivity index (χ2v) is 9.08. The molecule has 0 bridgehead atoms. The maximum Gasteiger partial charge on any atom is 0.338 e. The Labute approximate surface area is 186 Å². The minimum Gasteiger partial charge on any atom is -0.497 e. The van der Waals surface area contributed by atoms with Gasteiger partial charge in [-0.3, -0.25) is 9.10 Å². The third-order valence-corrected chi connectivity index (χ3v) is 7.04. The van der Waals surface area contributed by atoms with Crippen molar-refractivity contribution in [2.24, 2.45) is 0 Å². The number of ether oxygens (including phenoxy) is 2. The zero-order valence-electron chi connectivity index (χ0n) is 17.4. The van der Waals surface area contributed by atoms with Crippen LogP contribution in [0.1, 0.15) is 26.3 Å². The molecule has 32 heavy (non-hydrogen) atoms. The molecular weight excluding hydrogens is 430 g/mol. The first-order valence-corrected chi connectivity index (χ1v) is 11.4. The molecule has 0 radical (unpaired) electrons. The highest BCUT2D eigenvalue weighted by Gasteiger charge is 2.31. The Morgan fingerprint density at radius 2 is 1.69 bits per heavy atom. The first kappa shape index (κ1) is 21.6. The summed E-state index contributed by atoms with van der Waals surface area (Å²) in [4.78, 5) is 24.8. The number of rotatable bonds is 7. The predicted octanol–water partition coefficient (Wildman–Crippen LogP) is 3.49. The molecule has 0 amide bonds. The van der Waals surface area contributed by atoms with Crippen molar-refractivity contribution in [3.63, 3.8) is 0 Å². The molecule has 1 aliphatic heterocycles. The number of carbonyl (C=O) groups excluding carboxylic acids is 2. The van der Waals surface area contributed by atoms with Crippen molar-refractivity contribution in [2.45, 2.75) is 11.3 Å². The Morgan fingerprint density at radius 3 is 2.50 bits per heavy atom. The number of benzene rings is 3. The summed E-state index contributed by atoms with van der Waals surface area (Å²) < 4.78 is 37.9. The van der Waals surface area contributed by atoms with Crippen LogP contribution in [0.2, 0.25) is 0 Å². The number of ketones is 1. The third kappa shape index (κ3) is 4.22. The Bertz CT molecular complexity index is 1280. The van der Waals surface area contributed by atoms with E-state index in [0.29, 0.717) is 30.0 Å². The van der Waals surface area contributed by atoms with Crippen molar-refractivity contribution in [1.82, 2.24) is 0 Å². The monoisotopic (exact) mass is 451 g/mol. The highest BCUT2D eigenvalue weighted by molar-refractivity contribution is 7.92. The number of hydrogen-bond donors (Lipinski definition) is 0. The lowest BCUT2D eigenvalue weighted by atomic mass is 10.1. The minimum absolute atomic E-state index is 0.0113. The van der Waals surface area contributed by atoms with E-state index in [0.717, 1.165) is 5.56 Å². The topological polar surface area (TPSA) is 90.0 Å². The van der Waals surface area contributed by atoms with E-state index < -0.39 is 28.4 Å². The summed E-state index contributed by atoms with van der Waals surface area (Å²) in [6.45, 7) is -0.131. The maximum atomic E-state index is 13.2. The van der Waals surface area contributed by atoms with E-state index in [1.807, 2.05) is 12.1 Å². The molecular formula is C24H21NO6S. The summed E-state index contributed by atoms with van der Waals surface area (Å²) in [7, 11) is -2.35. The summed E-state index contributed by atoms with van der Waals surface area (Å²) in [5.74, 6) is -0.654. The quantitative estimate of drug-likeness (QED) is 0.404. The maximum absolute atomic E-state index is 13.2. The van der Waals surface area contributed by atoms with Crippen molar-refractivity contribution in [2.75, 3.05) is 24.6 Å². The van der Waals surface area contributed by atoms with Gasteiger partial charge in [0.25, 0.3) is 10.0 Å². The number of anilines is 1. The van der Waals surface area contributed by atoms with E-state index in [9.17, 15) is 18.0 Å². The van der Waals surface area contributed by atoms with Crippen LogP contribution in [0.4, 0.5) is 5.69 Å². The van der Waals surface area contributed by atoms with Crippen LogP contribution >= 0.6 is 0 Å². The molecule has 0 saturated heterocycles. The number of esters is 1. The second kappa shape index (κ2) is 8.84. The number of Topliss-reactive ketones (excluding diaryl/α,β-unsaturated/α-hetero) is 1. The lowest BCUT2D eigenvalue weighted by Gasteiger charge is -2.19. The normalized spacial score (nSPS) is 12.8. The number of sulfonamides is 1. The fourth-order valence-corrected chi connectivity index (χ4v) is 5.11. The first-order chi connectivity index (χ1) is 15.4. The summed E-state index contributed by atoms with van der Waals surface area (Å²) in [5.41, 5.74) is 2.00. The van der Waals surface area contributed by atoms with Crippen molar-refractivity contribution in [3.8, 4) is 5.75 Å². The molecule has 0 atom stereocenters. The minimum atomic E-state index is -3.85. The van der Waals surface area contributed by atoms with Gasteiger partial charge in [-0.05, 0) is 48.4 Å². The molecule has 1 aliphatic rings. The van der Waals surface area contributed by atoms with Gasteiger partial charge in [0.2, 0.25) is 0 Å². The zero-order chi connectivity index (χ0) is 22.7. The molecule has 0 aliphatic carbocycles. The molecule has 0 unspecified atom stereocenters. The van der Waals surface area contributed by atoms with Crippen molar-refractivity contribution in [3.05, 3.63) is 89.5 Å². The smallest absolute Gasteiger partial charge is 0.338 e. The van der Waals surface area contributed by atoms with Gasteiger partial charge in [0, 0.05) is 12.1 Å². The first-order valence-electron chi connectivity index (χ1n) is 9.95. The molecule has 164 valence electrons. The Hall–Kier alpha value is -3.65. The second-order valence-electron chi connectivity index (χ2n) is 7.21. The molecule has 4 rings (SSSR count). The Kier molecular flexibility index (Phi) is 5.96. The summed E-state index contributed by atoms with van der Waals surface area (Å²) in [6.07, 6.45) is 0.628. The van der Waals surface area contributed by atoms with E-state index in [4.69, 9.17) is 9.47 Å². The molecule has 8 heteroatoms. The van der Waals surface area contributed by atoms with Gasteiger partial charge in [-0.15, -0.1) is 0 Å². The number of nitrogens with zero attached hydrogens (tertiary/aromatic N) is 1. The van der Waals surface area contributed by atoms with Crippen molar-refractivity contribution >= 4 is 27.5 Å². The molecule has 7 nitrogen and oxygen atoms in total. The van der Waals surface area contributed by atoms with E-state index >= 15 is 0 Å². The Morgan fingerprint density at radius 1 is 0.938 bits per heavy atom. The van der Waals surface area contributed by atoms with E-state index in [1.165, 1.54) is 35.7 Å². The van der Waals surface area contributed by atoms with Gasteiger partial charge in [-0.25, -0.2) is 13.2 Å². The lowest BCUT2D eigenvalue weighted by molar-refractivity contribution is 0.0474. The van der Waals surface area contributed by atoms with Gasteiger partial charge in [0.1, 0.15) is 5.75 Å². The molecule has 0 N–H and O–H groups in total. The standard InChI is InChI=1S/C24H21NO6S/c1-30-20-9-4-7-18(14-20)23(26)16-31-24(27)19-8-5-10-21(15-19)32(28,29)25-13-12-17-6-2-3-11-22(17)25/h2-11,14-15H,12-13,16H2,1H3. The van der Waals surface area contributed by atoms with Gasteiger partial charge < -0.3 is 9.47 Å². The number of hydrogen-bond acceptors (Lipinski definition) is 6. The SMILES string of the molecule is COc1cccc(C(=O)COC(=O)c2cccc(S(=O)(=O)N3CCc4ccccc43)c2)c1. The molecule has 3 aromatic rings. The van der Waals surface area contributed by atoms with Gasteiger partial charge >= 0.3 is 5.97 Å². The van der Waals surface area contributed by atoms with Crippen molar-refractivity contribution < 1.29 is 27.5 Å². The third-order valence-electron chi connectivity index (χ3n) is 5.23. The van der Waals surface area contributed by atoms with Gasteiger partial charge in [-0.2, -0.15) is 0 Å². The predicted molar refractivity (Wildman–Crippen MR) is 119 cm³/mol. The number of carbonyl (C=O) groups is 2. The molecule has 0 spiro atoms. The van der Waals surface area contributed by atoms with Gasteiger partial charge in [0.15, 0.2) is 12.4 Å². The highest BCUT2D eigenvalue weighted by Crippen LogP contribution is 2.32. The van der Waals surface area contributed by atoms with Crippen LogP contribution in [-0.2, 0) is 21.2 Å². The van der Waals surface area contributed by atoms with Crippen LogP contribution < -0.4 is 9.04 Å². The van der Waals surface area contributed by atoms with Gasteiger partial charge in [-0.1, -0.05) is 36.4 Å². The van der Waals surface area contributed by atoms with Crippen LogP contribution in [0.5, 0.6) is 5.75 Å². The fourth-order valence-electron chi connectivity index (χ4n) is 3.56. The van der Waals surface area contributed by atoms with Crippen LogP contribution in [-0.4, -0.2) is 40.4 Å².